The molecule has 4 aromatic rings. The van der Waals surface area contributed by atoms with Gasteiger partial charge in [0.25, 0.3) is 5.56 Å². The number of rotatable bonds is 9. The predicted octanol–water partition coefficient (Wildman–Crippen LogP) is 6.03. The van der Waals surface area contributed by atoms with Crippen LogP contribution >= 0.6 is 23.2 Å². The van der Waals surface area contributed by atoms with Crippen molar-refractivity contribution in [1.29, 1.82) is 0 Å². The van der Waals surface area contributed by atoms with Crippen LogP contribution in [0.3, 0.4) is 0 Å². The van der Waals surface area contributed by atoms with E-state index in [1.54, 1.807) is 22.8 Å². The molecule has 0 saturated heterocycles. The van der Waals surface area contributed by atoms with Crippen LogP contribution in [0.1, 0.15) is 12.5 Å². The molecule has 0 saturated carbocycles. The third-order valence-electron chi connectivity index (χ3n) is 5.32. The minimum Gasteiger partial charge on any atom is -0.491 e. The minimum atomic E-state index is -0.0985. The summed E-state index contributed by atoms with van der Waals surface area (Å²) in [6.45, 7) is 3.58. The molecule has 0 aliphatic rings. The second kappa shape index (κ2) is 10.8. The highest BCUT2D eigenvalue weighted by Crippen LogP contribution is 2.23. The lowest BCUT2D eigenvalue weighted by Crippen LogP contribution is -2.26. The first-order chi connectivity index (χ1) is 16.1. The average Bonchev–Trinajstić information content (AvgIpc) is 2.84. The van der Waals surface area contributed by atoms with Crippen LogP contribution in [0.4, 0.5) is 0 Å². The third kappa shape index (κ3) is 5.56. The molecule has 0 aliphatic heterocycles. The summed E-state index contributed by atoms with van der Waals surface area (Å²) < 4.78 is 13.2. The molecule has 4 rings (SSSR count). The molecule has 0 atom stereocenters. The van der Waals surface area contributed by atoms with Gasteiger partial charge in [-0.15, -0.1) is 0 Å². The molecular weight excluding hydrogens is 459 g/mol. The van der Waals surface area contributed by atoms with Gasteiger partial charge in [-0.1, -0.05) is 42.3 Å². The van der Waals surface area contributed by atoms with Gasteiger partial charge in [-0.2, -0.15) is 0 Å². The van der Waals surface area contributed by atoms with Crippen molar-refractivity contribution in [1.82, 2.24) is 9.55 Å². The number of hydrogen-bond acceptors (Lipinski definition) is 4. The van der Waals surface area contributed by atoms with Gasteiger partial charge in [0.05, 0.1) is 30.7 Å². The highest BCUT2D eigenvalue weighted by atomic mass is 35.5. The Bertz CT molecular complexity index is 1300. The highest BCUT2D eigenvalue weighted by molar-refractivity contribution is 6.31. The van der Waals surface area contributed by atoms with Crippen molar-refractivity contribution < 1.29 is 9.47 Å². The third-order valence-corrected chi connectivity index (χ3v) is 5.94. The van der Waals surface area contributed by atoms with Gasteiger partial charge in [0.1, 0.15) is 18.2 Å². The maximum absolute atomic E-state index is 13.2. The van der Waals surface area contributed by atoms with E-state index < -0.39 is 0 Å². The maximum atomic E-state index is 13.2. The summed E-state index contributed by atoms with van der Waals surface area (Å²) in [6.07, 6.45) is 0.844. The van der Waals surface area contributed by atoms with E-state index in [9.17, 15) is 4.79 Å². The van der Waals surface area contributed by atoms with Crippen molar-refractivity contribution in [3.8, 4) is 17.1 Å². The molecule has 1 aromatic heterocycles. The lowest BCUT2D eigenvalue weighted by Gasteiger charge is -2.14. The zero-order chi connectivity index (χ0) is 23.2. The van der Waals surface area contributed by atoms with E-state index in [1.807, 2.05) is 48.5 Å². The van der Waals surface area contributed by atoms with Gasteiger partial charge in [-0.05, 0) is 66.6 Å². The molecule has 0 unspecified atom stereocenters. The van der Waals surface area contributed by atoms with Crippen LogP contribution in [0.5, 0.6) is 5.75 Å². The Kier molecular flexibility index (Phi) is 7.65. The van der Waals surface area contributed by atoms with E-state index in [1.165, 1.54) is 0 Å². The van der Waals surface area contributed by atoms with Crippen molar-refractivity contribution >= 4 is 34.1 Å². The molecule has 0 amide bonds. The quantitative estimate of drug-likeness (QED) is 0.273. The lowest BCUT2D eigenvalue weighted by molar-refractivity contribution is 0.0940. The molecule has 3 aromatic carbocycles. The molecule has 0 spiro atoms. The Balaban J connectivity index is 1.43. The second-order valence-corrected chi connectivity index (χ2v) is 8.33. The normalized spacial score (nSPS) is 11.1. The van der Waals surface area contributed by atoms with Crippen molar-refractivity contribution in [3.05, 3.63) is 92.7 Å². The SMILES string of the molecule is CCc1cc(OCCOCCn2c(-c3ccc(Cl)cc3)nc3ccccc3c2=O)ccc1Cl. The van der Waals surface area contributed by atoms with Crippen LogP contribution in [0.15, 0.2) is 71.5 Å². The summed E-state index contributed by atoms with van der Waals surface area (Å²) in [5.74, 6) is 1.35. The first-order valence-electron chi connectivity index (χ1n) is 10.8. The molecule has 1 heterocycles. The molecule has 7 heteroatoms. The van der Waals surface area contributed by atoms with E-state index in [4.69, 9.17) is 37.7 Å². The number of aromatic nitrogens is 2. The van der Waals surface area contributed by atoms with Crippen LogP contribution in [-0.2, 0) is 17.7 Å². The molecular formula is C26H24Cl2N2O3. The van der Waals surface area contributed by atoms with Crippen LogP contribution in [0.25, 0.3) is 22.3 Å². The number of halogens is 2. The Morgan fingerprint density at radius 1 is 0.939 bits per heavy atom. The standard InChI is InChI=1S/C26H24Cl2N2O3/c1-2-18-17-21(11-12-23(18)28)33-16-15-32-14-13-30-25(19-7-9-20(27)10-8-19)29-24-6-4-3-5-22(24)26(30)31/h3-12,17H,2,13-16H2,1H3. The summed E-state index contributed by atoms with van der Waals surface area (Å²) in [5.41, 5.74) is 2.43. The zero-order valence-electron chi connectivity index (χ0n) is 18.3. The minimum absolute atomic E-state index is 0.0985. The molecule has 0 fully saturated rings. The average molecular weight is 483 g/mol. The largest absolute Gasteiger partial charge is 0.491 e. The number of ether oxygens (including phenoxy) is 2. The number of hydrogen-bond donors (Lipinski definition) is 0. The van der Waals surface area contributed by atoms with Crippen molar-refractivity contribution in [2.45, 2.75) is 19.9 Å². The van der Waals surface area contributed by atoms with Crippen molar-refractivity contribution in [3.63, 3.8) is 0 Å². The summed E-state index contributed by atoms with van der Waals surface area (Å²) in [4.78, 5) is 17.9. The van der Waals surface area contributed by atoms with Gasteiger partial charge in [-0.3, -0.25) is 9.36 Å². The first kappa shape index (κ1) is 23.3. The number of nitrogens with zero attached hydrogens (tertiary/aromatic N) is 2. The van der Waals surface area contributed by atoms with E-state index >= 15 is 0 Å². The van der Waals surface area contributed by atoms with E-state index in [0.717, 1.165) is 28.3 Å². The fourth-order valence-corrected chi connectivity index (χ4v) is 3.96. The van der Waals surface area contributed by atoms with E-state index in [2.05, 4.69) is 6.92 Å². The Morgan fingerprint density at radius 3 is 2.52 bits per heavy atom. The van der Waals surface area contributed by atoms with Gasteiger partial charge in [0, 0.05) is 15.6 Å². The number of aryl methyl sites for hydroxylation is 1. The smallest absolute Gasteiger partial charge is 0.261 e. The molecule has 170 valence electrons. The second-order valence-electron chi connectivity index (χ2n) is 7.48. The van der Waals surface area contributed by atoms with Gasteiger partial charge in [0.2, 0.25) is 0 Å². The van der Waals surface area contributed by atoms with Gasteiger partial charge < -0.3 is 9.47 Å². The fourth-order valence-electron chi connectivity index (χ4n) is 3.58. The van der Waals surface area contributed by atoms with Gasteiger partial charge in [0.15, 0.2) is 0 Å². The summed E-state index contributed by atoms with van der Waals surface area (Å²) in [6, 6.07) is 20.3. The summed E-state index contributed by atoms with van der Waals surface area (Å²) in [7, 11) is 0. The molecule has 0 radical (unpaired) electrons. The van der Waals surface area contributed by atoms with Crippen LogP contribution in [0.2, 0.25) is 10.0 Å². The van der Waals surface area contributed by atoms with E-state index in [-0.39, 0.29) is 5.56 Å². The summed E-state index contributed by atoms with van der Waals surface area (Å²) in [5, 5.41) is 1.95. The summed E-state index contributed by atoms with van der Waals surface area (Å²) >= 11 is 12.2. The molecule has 0 aliphatic carbocycles. The topological polar surface area (TPSA) is 53.4 Å². The molecule has 33 heavy (non-hydrogen) atoms. The zero-order valence-corrected chi connectivity index (χ0v) is 19.8. The van der Waals surface area contributed by atoms with Crippen molar-refractivity contribution in [2.24, 2.45) is 0 Å². The Hall–Kier alpha value is -2.86. The van der Waals surface area contributed by atoms with E-state index in [0.29, 0.717) is 48.1 Å². The molecule has 5 nitrogen and oxygen atoms in total. The number of para-hydroxylation sites is 1. The molecule has 0 bridgehead atoms. The lowest BCUT2D eigenvalue weighted by atomic mass is 10.1. The van der Waals surface area contributed by atoms with Crippen LogP contribution < -0.4 is 10.3 Å². The highest BCUT2D eigenvalue weighted by Gasteiger charge is 2.13. The van der Waals surface area contributed by atoms with Crippen LogP contribution in [-0.4, -0.2) is 29.4 Å². The number of benzene rings is 3. The molecule has 0 N–H and O–H groups in total. The number of fused-ring (bicyclic) bond motifs is 1. The maximum Gasteiger partial charge on any atom is 0.261 e. The fraction of sp³-hybridized carbons (Fsp3) is 0.231. The van der Waals surface area contributed by atoms with Gasteiger partial charge in [-0.25, -0.2) is 4.98 Å². The monoisotopic (exact) mass is 482 g/mol. The Labute approximate surface area is 202 Å². The first-order valence-corrected chi connectivity index (χ1v) is 11.6. The van der Waals surface area contributed by atoms with Crippen molar-refractivity contribution in [2.75, 3.05) is 19.8 Å². The predicted molar refractivity (Wildman–Crippen MR) is 134 cm³/mol. The Morgan fingerprint density at radius 2 is 1.73 bits per heavy atom. The van der Waals surface area contributed by atoms with Gasteiger partial charge >= 0.3 is 0 Å². The van der Waals surface area contributed by atoms with Crippen LogP contribution in [0, 0.1) is 0 Å².